The van der Waals surface area contributed by atoms with Crippen LogP contribution >= 0.6 is 34.0 Å². The highest BCUT2D eigenvalue weighted by molar-refractivity contribution is 7.27. The van der Waals surface area contributed by atoms with Crippen molar-refractivity contribution in [2.24, 2.45) is 0 Å². The summed E-state index contributed by atoms with van der Waals surface area (Å²) in [5.41, 5.74) is 38.7. The first kappa shape index (κ1) is 85.3. The Labute approximate surface area is 844 Å². The van der Waals surface area contributed by atoms with E-state index in [0.29, 0.717) is 0 Å². The molecule has 144 heavy (non-hydrogen) atoms. The number of fused-ring (bicyclic) bond motifs is 18. The van der Waals surface area contributed by atoms with Gasteiger partial charge in [0.1, 0.15) is 33.5 Å². The van der Waals surface area contributed by atoms with E-state index >= 15 is 0 Å². The maximum Gasteiger partial charge on any atom is 0.143 e. The van der Waals surface area contributed by atoms with Gasteiger partial charge in [-0.05, 0) is 266 Å². The van der Waals surface area contributed by atoms with Crippen molar-refractivity contribution >= 4 is 160 Å². The van der Waals surface area contributed by atoms with Crippen molar-refractivity contribution in [1.82, 2.24) is 0 Å². The summed E-state index contributed by atoms with van der Waals surface area (Å²) in [5.74, 6) is 0. The summed E-state index contributed by atoms with van der Waals surface area (Å²) in [4.78, 5) is 0. The molecule has 6 heteroatoms. The Hall–Kier alpha value is -17.9. The van der Waals surface area contributed by atoms with Crippen LogP contribution in [-0.2, 0) is 0 Å². The number of benzene rings is 23. The Bertz CT molecular complexity index is 9970. The highest BCUT2D eigenvalue weighted by Crippen LogP contribution is 2.52. The normalized spacial score (nSPS) is 11.6. The van der Waals surface area contributed by atoms with Crippen molar-refractivity contribution < 1.29 is 13.3 Å². The summed E-state index contributed by atoms with van der Waals surface area (Å²) in [6.07, 6.45) is 0. The maximum absolute atomic E-state index is 6.72. The highest BCUT2D eigenvalue weighted by Gasteiger charge is 2.25. The molecule has 0 radical (unpaired) electrons. The second-order valence-corrected chi connectivity index (χ2v) is 40.2. The molecule has 23 aromatic carbocycles. The highest BCUT2D eigenvalue weighted by atomic mass is 32.1. The molecule has 6 aromatic heterocycles. The van der Waals surface area contributed by atoms with Crippen molar-refractivity contribution in [1.29, 1.82) is 0 Å². The molecule has 29 aromatic rings. The summed E-state index contributed by atoms with van der Waals surface area (Å²) in [6, 6.07) is 188. The van der Waals surface area contributed by atoms with Gasteiger partial charge in [0.25, 0.3) is 0 Å². The minimum absolute atomic E-state index is 0.886. The van der Waals surface area contributed by atoms with Gasteiger partial charge in [-0.15, -0.1) is 34.0 Å². The molecule has 0 bridgehead atoms. The molecule has 0 saturated heterocycles. The van der Waals surface area contributed by atoms with Crippen LogP contribution in [0.4, 0.5) is 0 Å². The van der Waals surface area contributed by atoms with Crippen molar-refractivity contribution in [3.63, 3.8) is 0 Å². The van der Waals surface area contributed by atoms with Gasteiger partial charge in [-0.3, -0.25) is 0 Å². The van der Waals surface area contributed by atoms with E-state index in [1.165, 1.54) is 177 Å². The minimum atomic E-state index is 0.886. The number of hydrogen-bond acceptors (Lipinski definition) is 6. The summed E-state index contributed by atoms with van der Waals surface area (Å²) in [6.45, 7) is 0. The van der Waals surface area contributed by atoms with Crippen molar-refractivity contribution in [2.75, 3.05) is 0 Å². The lowest BCUT2D eigenvalue weighted by molar-refractivity contribution is 0.669. The third kappa shape index (κ3) is 15.6. The topological polar surface area (TPSA) is 39.4 Å². The zero-order valence-electron chi connectivity index (χ0n) is 78.1. The molecule has 29 rings (SSSR count). The summed E-state index contributed by atoms with van der Waals surface area (Å²) in [7, 11) is 0. The number of hydrogen-bond donors (Lipinski definition) is 0. The van der Waals surface area contributed by atoms with Crippen molar-refractivity contribution in [3.05, 3.63) is 522 Å². The lowest BCUT2D eigenvalue weighted by atomic mass is 9.86. The molecule has 6 heterocycles. The zero-order chi connectivity index (χ0) is 95.1. The van der Waals surface area contributed by atoms with E-state index < -0.39 is 0 Å². The van der Waals surface area contributed by atoms with Gasteiger partial charge in [0.15, 0.2) is 0 Å². The monoisotopic (exact) mass is 1890 g/mol. The van der Waals surface area contributed by atoms with E-state index in [9.17, 15) is 0 Å². The number of furan rings is 3. The van der Waals surface area contributed by atoms with Crippen LogP contribution < -0.4 is 0 Å². The van der Waals surface area contributed by atoms with Crippen LogP contribution in [0, 0.1) is 0 Å². The molecule has 0 aliphatic carbocycles. The van der Waals surface area contributed by atoms with Crippen LogP contribution in [0.5, 0.6) is 0 Å². The lowest BCUT2D eigenvalue weighted by Gasteiger charge is -2.18. The third-order valence-corrected chi connectivity index (χ3v) is 32.0. The van der Waals surface area contributed by atoms with Gasteiger partial charge in [0, 0.05) is 110 Å². The molecular weight excluding hydrogens is 1800 g/mol. The average Bonchev–Trinajstić information content (AvgIpc) is 1.57. The summed E-state index contributed by atoms with van der Waals surface area (Å²) in [5, 5.41) is 14.7. The molecule has 3 nitrogen and oxygen atoms in total. The fraction of sp³-hybridized carbons (Fsp3) is 0. The van der Waals surface area contributed by atoms with Gasteiger partial charge >= 0.3 is 0 Å². The van der Waals surface area contributed by atoms with Gasteiger partial charge in [-0.2, -0.15) is 0 Å². The minimum Gasteiger partial charge on any atom is -0.456 e. The molecule has 0 fully saturated rings. The van der Waals surface area contributed by atoms with E-state index in [0.717, 1.165) is 105 Å². The number of para-hydroxylation sites is 3. The SMILES string of the molecule is c1ccc(-c2cc(-c3ccccc3)cc(-c3ccc(-c4cc(-c5ccc6sc7ccccc7c6c5)cc5c4sc4ccccc45)cc3)c2)cc1.c1ccc(-c2cccc(-c3ccccc3-c3cc(-c4ccc5c(c4)oc4ccccc45)cc4c3oc3ccccc34)c2)cc1.c1ccc(-c2ccccc2-c2ccccc2-c2ccccc2-c2cc(-c3ccc4c(c3)sc3ccccc34)cc3c2oc2ccccc23)cc1. The maximum atomic E-state index is 6.72. The Morgan fingerprint density at radius 1 is 0.111 bits per heavy atom. The van der Waals surface area contributed by atoms with Crippen LogP contribution in [0.2, 0.25) is 0 Å². The second kappa shape index (κ2) is 36.4. The molecule has 0 unspecified atom stereocenters. The predicted octanol–water partition coefficient (Wildman–Crippen LogP) is 41.2. The lowest BCUT2D eigenvalue weighted by Crippen LogP contribution is -1.92. The standard InChI is InChI=1S/C48H30OS.C48H30S2.C42H26O2/c1-2-14-31(15-3-1)34-16-4-5-17-35(34)36-18-6-7-19-37(36)38-20-8-9-21-39(38)43-28-33(29-44-40-22-10-12-24-45(40)49-48(43)44)32-26-27-42-41-23-11-13-25-46(41)50-47(42)30-32;1-3-11-31(12-4-1)36-25-37(32-13-5-2-6-14-32)27-38(26-36)33-19-21-34(22-20-33)42-29-39(30-44-41-16-8-10-18-46(41)50-48(42)44)35-23-24-47-43(28-35)40-15-7-9-17-45(40)49-47;1-2-11-27(12-3-1)28-13-10-14-30(23-28)32-15-4-5-16-33(32)37-24-31(25-38-35-18-7-9-20-40(35)44-42(37)38)29-21-22-36-34-17-6-8-19-39(34)43-41(36)26-29/h2*1-30H;1-26H. The Morgan fingerprint density at radius 2 is 0.389 bits per heavy atom. The molecule has 0 aliphatic heterocycles. The molecule has 674 valence electrons. The Morgan fingerprint density at radius 3 is 0.924 bits per heavy atom. The van der Waals surface area contributed by atoms with Crippen LogP contribution in [-0.4, -0.2) is 0 Å². The van der Waals surface area contributed by atoms with Crippen LogP contribution in [0.1, 0.15) is 0 Å². The Kier molecular flexibility index (Phi) is 21.6. The second-order valence-electron chi connectivity index (χ2n) is 37.0. The van der Waals surface area contributed by atoms with E-state index in [1.54, 1.807) is 0 Å². The van der Waals surface area contributed by atoms with E-state index in [4.69, 9.17) is 13.3 Å². The van der Waals surface area contributed by atoms with Crippen molar-refractivity contribution in [3.8, 4) is 156 Å². The predicted molar refractivity (Wildman–Crippen MR) is 616 cm³/mol. The van der Waals surface area contributed by atoms with Gasteiger partial charge < -0.3 is 13.3 Å². The van der Waals surface area contributed by atoms with Crippen LogP contribution in [0.25, 0.3) is 282 Å². The van der Waals surface area contributed by atoms with E-state index in [-0.39, 0.29) is 0 Å². The molecule has 0 atom stereocenters. The van der Waals surface area contributed by atoms with Crippen molar-refractivity contribution in [2.45, 2.75) is 0 Å². The number of thiophene rings is 3. The zero-order valence-corrected chi connectivity index (χ0v) is 80.6. The first-order valence-corrected chi connectivity index (χ1v) is 51.4. The Balaban J connectivity index is 0.000000108. The van der Waals surface area contributed by atoms with Gasteiger partial charge in [0.05, 0.1) is 0 Å². The quantitative estimate of drug-likeness (QED) is 0.109. The summed E-state index contributed by atoms with van der Waals surface area (Å²) >= 11 is 5.62. The first-order valence-electron chi connectivity index (χ1n) is 48.9. The van der Waals surface area contributed by atoms with E-state index in [2.05, 4.69) is 504 Å². The van der Waals surface area contributed by atoms with E-state index in [1.807, 2.05) is 52.2 Å². The molecule has 0 spiro atoms. The first-order chi connectivity index (χ1) is 71.3. The fourth-order valence-electron chi connectivity index (χ4n) is 21.5. The van der Waals surface area contributed by atoms with Crippen LogP contribution in [0.15, 0.2) is 535 Å². The largest absolute Gasteiger partial charge is 0.456 e. The summed E-state index contributed by atoms with van der Waals surface area (Å²) < 4.78 is 27.6. The smallest absolute Gasteiger partial charge is 0.143 e. The van der Waals surface area contributed by atoms with Gasteiger partial charge in [0.2, 0.25) is 0 Å². The molecule has 0 amide bonds. The van der Waals surface area contributed by atoms with Crippen LogP contribution in [0.3, 0.4) is 0 Å². The molecule has 0 N–H and O–H groups in total. The number of rotatable bonds is 14. The fourth-order valence-corrected chi connectivity index (χ4v) is 25.0. The van der Waals surface area contributed by atoms with Gasteiger partial charge in [-0.1, -0.05) is 394 Å². The molecule has 0 saturated carbocycles. The molecular formula is C138H86O3S3. The van der Waals surface area contributed by atoms with Gasteiger partial charge in [-0.25, -0.2) is 0 Å². The third-order valence-electron chi connectivity index (χ3n) is 28.5. The average molecular weight is 1890 g/mol. The molecule has 0 aliphatic rings.